The molecule has 1 atom stereocenters. The Balaban J connectivity index is 1.42. The number of nitro benzene ring substituents is 1. The van der Waals surface area contributed by atoms with E-state index in [1.807, 2.05) is 29.2 Å². The number of amides is 1. The molecule has 146 valence electrons. The van der Waals surface area contributed by atoms with Crippen molar-refractivity contribution < 1.29 is 19.2 Å². The topological polar surface area (TPSA) is 93.9 Å². The van der Waals surface area contributed by atoms with Gasteiger partial charge in [-0.05, 0) is 37.1 Å². The van der Waals surface area contributed by atoms with Gasteiger partial charge in [-0.15, -0.1) is 0 Å². The summed E-state index contributed by atoms with van der Waals surface area (Å²) in [5, 5.41) is 14.3. The summed E-state index contributed by atoms with van der Waals surface area (Å²) in [5.74, 6) is 0.940. The third-order valence-electron chi connectivity index (χ3n) is 4.94. The Morgan fingerprint density at radius 2 is 1.93 bits per heavy atom. The number of nitrogens with zero attached hydrogens (tertiary/aromatic N) is 2. The Labute approximate surface area is 162 Å². The molecule has 0 aliphatic carbocycles. The Kier molecular flexibility index (Phi) is 5.01. The van der Waals surface area contributed by atoms with E-state index >= 15 is 0 Å². The van der Waals surface area contributed by atoms with Gasteiger partial charge >= 0.3 is 0 Å². The molecule has 0 saturated carbocycles. The zero-order valence-electron chi connectivity index (χ0n) is 15.3. The third-order valence-corrected chi connectivity index (χ3v) is 4.94. The average Bonchev–Trinajstić information content (AvgIpc) is 3.26. The van der Waals surface area contributed by atoms with E-state index in [0.717, 1.165) is 25.9 Å². The van der Waals surface area contributed by atoms with E-state index in [-0.39, 0.29) is 29.8 Å². The molecule has 0 spiro atoms. The maximum Gasteiger partial charge on any atom is 0.293 e. The van der Waals surface area contributed by atoms with Gasteiger partial charge in [0.1, 0.15) is 18.4 Å². The molecule has 2 heterocycles. The van der Waals surface area contributed by atoms with Crippen LogP contribution < -0.4 is 19.7 Å². The second-order valence-corrected chi connectivity index (χ2v) is 6.86. The van der Waals surface area contributed by atoms with Gasteiger partial charge in [-0.25, -0.2) is 0 Å². The summed E-state index contributed by atoms with van der Waals surface area (Å²) in [7, 11) is 0. The van der Waals surface area contributed by atoms with Crippen molar-refractivity contribution in [3.05, 3.63) is 58.1 Å². The maximum absolute atomic E-state index is 12.5. The number of rotatable bonds is 5. The van der Waals surface area contributed by atoms with Crippen LogP contribution in [0.3, 0.4) is 0 Å². The van der Waals surface area contributed by atoms with Crippen LogP contribution in [0.2, 0.25) is 0 Å². The van der Waals surface area contributed by atoms with Gasteiger partial charge in [0, 0.05) is 24.7 Å². The predicted octanol–water partition coefficient (Wildman–Crippen LogP) is 2.76. The molecule has 2 aromatic carbocycles. The minimum absolute atomic E-state index is 0.0410. The number of nitro groups is 1. The van der Waals surface area contributed by atoms with Crippen LogP contribution in [0.5, 0.6) is 11.5 Å². The molecule has 2 aliphatic heterocycles. The van der Waals surface area contributed by atoms with Crippen molar-refractivity contribution in [3.63, 3.8) is 0 Å². The Morgan fingerprint density at radius 3 is 2.68 bits per heavy atom. The summed E-state index contributed by atoms with van der Waals surface area (Å²) in [6.45, 7) is 2.17. The molecule has 1 N–H and O–H groups in total. The minimum atomic E-state index is -0.431. The highest BCUT2D eigenvalue weighted by Crippen LogP contribution is 2.32. The number of hydrogen-bond donors (Lipinski definition) is 1. The van der Waals surface area contributed by atoms with E-state index in [0.29, 0.717) is 23.8 Å². The summed E-state index contributed by atoms with van der Waals surface area (Å²) in [6, 6.07) is 12.0. The lowest BCUT2D eigenvalue weighted by Crippen LogP contribution is -2.40. The van der Waals surface area contributed by atoms with Gasteiger partial charge in [0.2, 0.25) is 0 Å². The first-order chi connectivity index (χ1) is 13.6. The molecule has 2 aromatic rings. The van der Waals surface area contributed by atoms with E-state index < -0.39 is 4.92 Å². The first kappa shape index (κ1) is 18.1. The first-order valence-electron chi connectivity index (χ1n) is 9.32. The summed E-state index contributed by atoms with van der Waals surface area (Å²) >= 11 is 0. The highest BCUT2D eigenvalue weighted by atomic mass is 16.6. The molecule has 2 aliphatic rings. The molecule has 0 radical (unpaired) electrons. The number of fused-ring (bicyclic) bond motifs is 1. The highest BCUT2D eigenvalue weighted by Gasteiger charge is 2.25. The van der Waals surface area contributed by atoms with E-state index in [1.54, 1.807) is 12.1 Å². The van der Waals surface area contributed by atoms with Crippen LogP contribution in [0.15, 0.2) is 42.5 Å². The van der Waals surface area contributed by atoms with Crippen LogP contribution in [0.25, 0.3) is 0 Å². The van der Waals surface area contributed by atoms with Crippen LogP contribution in [0, 0.1) is 10.1 Å². The van der Waals surface area contributed by atoms with E-state index in [9.17, 15) is 14.9 Å². The average molecular weight is 383 g/mol. The monoisotopic (exact) mass is 383 g/mol. The fourth-order valence-electron chi connectivity index (χ4n) is 3.51. The fourth-order valence-corrected chi connectivity index (χ4v) is 3.51. The first-order valence-corrected chi connectivity index (χ1v) is 9.32. The van der Waals surface area contributed by atoms with Crippen LogP contribution in [-0.4, -0.2) is 43.2 Å². The number of benzene rings is 2. The standard InChI is InChI=1S/C20H21N3O5/c24-20(21-12-15-13-27-18-5-1-2-6-19(18)28-15)14-7-8-16(17(11-14)23(25)26)22-9-3-4-10-22/h1-2,5-8,11,15H,3-4,9-10,12-13H2,(H,21,24). The number of carbonyl (C=O) groups excluding carboxylic acids is 1. The number of para-hydroxylation sites is 2. The summed E-state index contributed by atoms with van der Waals surface area (Å²) in [6.07, 6.45) is 1.72. The van der Waals surface area contributed by atoms with Crippen molar-refractivity contribution in [2.75, 3.05) is 31.1 Å². The molecule has 0 aromatic heterocycles. The van der Waals surface area contributed by atoms with E-state index in [2.05, 4.69) is 5.32 Å². The minimum Gasteiger partial charge on any atom is -0.486 e. The molecule has 28 heavy (non-hydrogen) atoms. The van der Waals surface area contributed by atoms with Gasteiger partial charge in [-0.2, -0.15) is 0 Å². The van der Waals surface area contributed by atoms with Crippen LogP contribution in [0.1, 0.15) is 23.2 Å². The van der Waals surface area contributed by atoms with Crippen molar-refractivity contribution in [2.24, 2.45) is 0 Å². The molecule has 1 saturated heterocycles. The summed E-state index contributed by atoms with van der Waals surface area (Å²) in [4.78, 5) is 25.5. The van der Waals surface area contributed by atoms with Crippen molar-refractivity contribution in [3.8, 4) is 11.5 Å². The molecule has 4 rings (SSSR count). The summed E-state index contributed by atoms with van der Waals surface area (Å²) < 4.78 is 11.4. The molecule has 1 fully saturated rings. The maximum atomic E-state index is 12.5. The van der Waals surface area contributed by atoms with Gasteiger partial charge in [-0.1, -0.05) is 12.1 Å². The zero-order valence-corrected chi connectivity index (χ0v) is 15.3. The lowest BCUT2D eigenvalue weighted by Gasteiger charge is -2.26. The summed E-state index contributed by atoms with van der Waals surface area (Å²) in [5.41, 5.74) is 0.784. The van der Waals surface area contributed by atoms with E-state index in [1.165, 1.54) is 6.07 Å². The zero-order chi connectivity index (χ0) is 19.5. The van der Waals surface area contributed by atoms with Gasteiger partial charge < -0.3 is 19.7 Å². The predicted molar refractivity (Wildman–Crippen MR) is 103 cm³/mol. The molecule has 1 amide bonds. The van der Waals surface area contributed by atoms with Crippen molar-refractivity contribution in [2.45, 2.75) is 18.9 Å². The van der Waals surface area contributed by atoms with Crippen LogP contribution in [-0.2, 0) is 0 Å². The van der Waals surface area contributed by atoms with Crippen molar-refractivity contribution >= 4 is 17.3 Å². The lowest BCUT2D eigenvalue weighted by atomic mass is 10.1. The quantitative estimate of drug-likeness (QED) is 0.630. The van der Waals surface area contributed by atoms with Gasteiger partial charge in [0.05, 0.1) is 11.5 Å². The Bertz CT molecular complexity index is 895. The van der Waals surface area contributed by atoms with Gasteiger partial charge in [0.15, 0.2) is 11.5 Å². The number of hydrogen-bond acceptors (Lipinski definition) is 6. The second-order valence-electron chi connectivity index (χ2n) is 6.86. The lowest BCUT2D eigenvalue weighted by molar-refractivity contribution is -0.384. The third kappa shape index (κ3) is 3.71. The molecule has 8 heteroatoms. The number of ether oxygens (including phenoxy) is 2. The van der Waals surface area contributed by atoms with Crippen LogP contribution in [0.4, 0.5) is 11.4 Å². The van der Waals surface area contributed by atoms with Gasteiger partial charge in [0.25, 0.3) is 11.6 Å². The number of nitrogens with one attached hydrogen (secondary N) is 1. The van der Waals surface area contributed by atoms with Crippen molar-refractivity contribution in [1.82, 2.24) is 5.32 Å². The second kappa shape index (κ2) is 7.75. The smallest absolute Gasteiger partial charge is 0.293 e. The molecule has 8 nitrogen and oxygen atoms in total. The highest BCUT2D eigenvalue weighted by molar-refractivity contribution is 5.95. The fraction of sp³-hybridized carbons (Fsp3) is 0.350. The number of anilines is 1. The Hall–Kier alpha value is -3.29. The molecular weight excluding hydrogens is 362 g/mol. The number of carbonyl (C=O) groups is 1. The normalized spacial score (nSPS) is 18.0. The molecular formula is C20H21N3O5. The Morgan fingerprint density at radius 1 is 1.18 bits per heavy atom. The van der Waals surface area contributed by atoms with E-state index in [4.69, 9.17) is 9.47 Å². The van der Waals surface area contributed by atoms with Crippen LogP contribution >= 0.6 is 0 Å². The SMILES string of the molecule is O=C(NCC1COc2ccccc2O1)c1ccc(N2CCCC2)c([N+](=O)[O-])c1. The molecule has 1 unspecified atom stereocenters. The van der Waals surface area contributed by atoms with Gasteiger partial charge in [-0.3, -0.25) is 14.9 Å². The largest absolute Gasteiger partial charge is 0.486 e. The van der Waals surface area contributed by atoms with Crippen molar-refractivity contribution in [1.29, 1.82) is 0 Å². The molecule has 0 bridgehead atoms.